The maximum absolute atomic E-state index is 12.6. The van der Waals surface area contributed by atoms with E-state index in [0.29, 0.717) is 0 Å². The number of ketones is 1. The number of carbonyl (C=O) groups is 3. The van der Waals surface area contributed by atoms with Crippen LogP contribution in [-0.4, -0.2) is 155 Å². The molecule has 0 aromatic heterocycles. The topological polar surface area (TPSA) is 319 Å². The van der Waals surface area contributed by atoms with Crippen LogP contribution in [0.25, 0.3) is 0 Å². The van der Waals surface area contributed by atoms with Crippen LogP contribution < -0.4 is 40.4 Å². The van der Waals surface area contributed by atoms with E-state index in [1.165, 1.54) is 13.0 Å². The third kappa shape index (κ3) is 19.7. The minimum Gasteiger partial charge on any atom is -0.550 e. The number of ether oxygens (including phenoxy) is 4. The van der Waals surface area contributed by atoms with Crippen molar-refractivity contribution in [2.24, 2.45) is 23.5 Å². The van der Waals surface area contributed by atoms with Gasteiger partial charge in [0, 0.05) is 49.9 Å². The molecule has 18 atom stereocenters. The molecule has 19 heteroatoms. The van der Waals surface area contributed by atoms with E-state index in [9.17, 15) is 65.4 Å². The molecule has 0 radical (unpaired) electrons. The molecule has 11 N–H and O–H groups in total. The number of esters is 1. The molecule has 2 fully saturated rings. The molecule has 66 heavy (non-hydrogen) atoms. The fraction of sp³-hybridized carbons (Fsp3) is 0.638. The summed E-state index contributed by atoms with van der Waals surface area (Å²) < 4.78 is 23.0. The van der Waals surface area contributed by atoms with Crippen LogP contribution in [0.4, 0.5) is 0 Å². The minimum absolute atomic E-state index is 0. The number of carboxylic acid groups (broad SMARTS) is 1. The van der Waals surface area contributed by atoms with E-state index in [1.807, 2.05) is 13.0 Å². The molecule has 3 aliphatic heterocycles. The minimum atomic E-state index is -2.40. The smallest absolute Gasteiger partial charge is 0.550 e. The van der Waals surface area contributed by atoms with Gasteiger partial charge in [0.1, 0.15) is 18.0 Å². The summed E-state index contributed by atoms with van der Waals surface area (Å²) in [7, 11) is 0. The number of nitrogens with two attached hydrogens (primary N) is 1. The zero-order valence-electron chi connectivity index (χ0n) is 38.4. The fourth-order valence-electron chi connectivity index (χ4n) is 7.80. The third-order valence-corrected chi connectivity index (χ3v) is 11.9. The summed E-state index contributed by atoms with van der Waals surface area (Å²) in [6.07, 6.45) is 3.27. The molecule has 3 rings (SSSR count). The molecule has 0 spiro atoms. The van der Waals surface area contributed by atoms with E-state index < -0.39 is 153 Å². The van der Waals surface area contributed by atoms with Crippen molar-refractivity contribution in [3.05, 3.63) is 85.1 Å². The average molecular weight is 944 g/mol. The van der Waals surface area contributed by atoms with Crippen LogP contribution in [0.1, 0.15) is 79.1 Å². The summed E-state index contributed by atoms with van der Waals surface area (Å²) in [5, 5.41) is 110. The Bertz CT molecular complexity index is 1720. The molecule has 3 heterocycles. The van der Waals surface area contributed by atoms with E-state index in [2.05, 4.69) is 0 Å². The summed E-state index contributed by atoms with van der Waals surface area (Å²) >= 11 is 0. The molecular weight excluding hydrogens is 873 g/mol. The number of cyclic esters (lactones) is 1. The number of hydrogen-bond acceptors (Lipinski definition) is 18. The van der Waals surface area contributed by atoms with Crippen LogP contribution in [-0.2, 0) is 33.3 Å². The van der Waals surface area contributed by atoms with Crippen molar-refractivity contribution in [2.45, 2.75) is 170 Å². The van der Waals surface area contributed by atoms with Crippen molar-refractivity contribution in [2.75, 3.05) is 0 Å². The number of aliphatic hydroxyl groups excluding tert-OH is 8. The normalized spacial score (nSPS) is 43.7. The first-order valence-corrected chi connectivity index (χ1v) is 22.1. The quantitative estimate of drug-likeness (QED) is 0.0974. The van der Waals surface area contributed by atoms with Gasteiger partial charge in [-0.1, -0.05) is 98.9 Å². The molecule has 2 bridgehead atoms. The summed E-state index contributed by atoms with van der Waals surface area (Å²) in [6.45, 7) is 6.68. The first-order chi connectivity index (χ1) is 30.6. The molecule has 0 amide bonds. The zero-order chi connectivity index (χ0) is 48.4. The number of Topliss-reactive ketones (excluding diaryl/α,β-unsaturated/α-hetero) is 1. The standard InChI is InChI=1S/C47H71NO17.Na/c1-27-17-15-13-11-9-7-5-6-8-10-12-14-16-18-34(64-46-44(58)41(48)43(57)30(4)63-46)24-38-40(45(59)60)37(54)26-47(61,65-38)25-36(53)35(52)20-19-31(49)21-32(50)22-33(51)23-39(55)62-29(3)28(2)42(27)56;/h5-18,27-31,33-38,40-44,46,49,51-54,56-58,61H,19-26,48H2,1-4H3,(H,59,60);/q;+1/p-1/b6-5+,9-7+,10-8+,13-11+,14-12+,17-15+,18-16+;. The van der Waals surface area contributed by atoms with Crippen molar-refractivity contribution < 1.29 is 114 Å². The molecule has 0 saturated carbocycles. The van der Waals surface area contributed by atoms with E-state index in [4.69, 9.17) is 24.7 Å². The predicted molar refractivity (Wildman–Crippen MR) is 233 cm³/mol. The number of aliphatic carboxylic acids is 1. The van der Waals surface area contributed by atoms with Crippen molar-refractivity contribution in [1.82, 2.24) is 0 Å². The van der Waals surface area contributed by atoms with Gasteiger partial charge in [0.05, 0.1) is 79.4 Å². The molecule has 0 aromatic carbocycles. The van der Waals surface area contributed by atoms with Gasteiger partial charge in [0.15, 0.2) is 12.1 Å². The molecule has 3 aliphatic rings. The van der Waals surface area contributed by atoms with E-state index in [-0.39, 0.29) is 54.7 Å². The number of aliphatic hydroxyl groups is 9. The maximum Gasteiger partial charge on any atom is 1.00 e. The molecule has 2 saturated heterocycles. The number of carbonyl (C=O) groups excluding carboxylic acids is 3. The number of carboxylic acids is 1. The Morgan fingerprint density at radius 1 is 0.697 bits per heavy atom. The number of rotatable bonds is 3. The Labute approximate surface area is 408 Å². The second-order valence-electron chi connectivity index (χ2n) is 17.4. The fourth-order valence-corrected chi connectivity index (χ4v) is 7.80. The van der Waals surface area contributed by atoms with Gasteiger partial charge in [-0.15, -0.1) is 0 Å². The summed E-state index contributed by atoms with van der Waals surface area (Å²) in [5.74, 6) is -7.97. The SMILES string of the molecule is CC1/C=C/C=C/C=C/C=C/C=C/C=C/C=C/C(OC2OC(C)C(O)C(N)C2O)CC2OC(O)(CC(O)C(O)CCC(O)CC(=O)CC(O)CC(=O)OC(C)C(C)C1O)CC(O)C2C(=O)[O-].[Na+]. The second-order valence-corrected chi connectivity index (χ2v) is 17.4. The Balaban J connectivity index is 0.0000150. The van der Waals surface area contributed by atoms with Crippen molar-refractivity contribution in [1.29, 1.82) is 0 Å². The number of allylic oxidation sites excluding steroid dienone is 12. The van der Waals surface area contributed by atoms with E-state index in [0.717, 1.165) is 0 Å². The maximum atomic E-state index is 12.6. The molecule has 18 nitrogen and oxygen atoms in total. The van der Waals surface area contributed by atoms with Crippen LogP contribution in [0.5, 0.6) is 0 Å². The predicted octanol–water partition coefficient (Wildman–Crippen LogP) is -3.41. The first kappa shape index (κ1) is 59.4. The van der Waals surface area contributed by atoms with Crippen LogP contribution in [0, 0.1) is 17.8 Å². The van der Waals surface area contributed by atoms with Gasteiger partial charge in [0.25, 0.3) is 0 Å². The van der Waals surface area contributed by atoms with Gasteiger partial charge < -0.3 is 80.5 Å². The van der Waals surface area contributed by atoms with Gasteiger partial charge in [-0.25, -0.2) is 0 Å². The zero-order valence-corrected chi connectivity index (χ0v) is 40.4. The Morgan fingerprint density at radius 3 is 1.80 bits per heavy atom. The third-order valence-electron chi connectivity index (χ3n) is 11.9. The van der Waals surface area contributed by atoms with Gasteiger partial charge in [0.2, 0.25) is 0 Å². The largest absolute Gasteiger partial charge is 1.00 e. The van der Waals surface area contributed by atoms with Gasteiger partial charge in [-0.05, 0) is 26.7 Å². The van der Waals surface area contributed by atoms with Crippen LogP contribution in [0.3, 0.4) is 0 Å². The molecule has 366 valence electrons. The Kier molecular flexibility index (Phi) is 26.4. The van der Waals surface area contributed by atoms with E-state index in [1.54, 1.807) is 86.8 Å². The number of hydrogen-bond donors (Lipinski definition) is 10. The van der Waals surface area contributed by atoms with Crippen LogP contribution >= 0.6 is 0 Å². The monoisotopic (exact) mass is 943 g/mol. The first-order valence-electron chi connectivity index (χ1n) is 22.1. The van der Waals surface area contributed by atoms with Crippen molar-refractivity contribution in [3.63, 3.8) is 0 Å². The average Bonchev–Trinajstić information content (AvgIpc) is 3.21. The van der Waals surface area contributed by atoms with Crippen LogP contribution in [0.15, 0.2) is 85.1 Å². The molecule has 0 aliphatic carbocycles. The van der Waals surface area contributed by atoms with Crippen molar-refractivity contribution in [3.8, 4) is 0 Å². The van der Waals surface area contributed by atoms with E-state index >= 15 is 0 Å². The molecule has 18 unspecified atom stereocenters. The van der Waals surface area contributed by atoms with Gasteiger partial charge >= 0.3 is 35.5 Å². The molecular formula is C47H70NNaO17. The molecule has 0 aromatic rings. The Morgan fingerprint density at radius 2 is 1.23 bits per heavy atom. The van der Waals surface area contributed by atoms with Crippen molar-refractivity contribution >= 4 is 17.7 Å². The summed E-state index contributed by atoms with van der Waals surface area (Å²) in [5.41, 5.74) is 6.00. The summed E-state index contributed by atoms with van der Waals surface area (Å²) in [6, 6.07) is -1.16. The Hall–Kier alpha value is -2.73. The number of fused-ring (bicyclic) bond motifs is 2. The second kappa shape index (κ2) is 29.3. The van der Waals surface area contributed by atoms with Gasteiger partial charge in [-0.2, -0.15) is 0 Å². The van der Waals surface area contributed by atoms with Gasteiger partial charge in [-0.3, -0.25) is 9.59 Å². The summed E-state index contributed by atoms with van der Waals surface area (Å²) in [4.78, 5) is 37.6. The van der Waals surface area contributed by atoms with Crippen LogP contribution in [0.2, 0.25) is 0 Å².